The molecule has 10 heteroatoms. The summed E-state index contributed by atoms with van der Waals surface area (Å²) in [5.74, 6) is -0.0849. The highest BCUT2D eigenvalue weighted by molar-refractivity contribution is 6.32. The van der Waals surface area contributed by atoms with Crippen molar-refractivity contribution < 1.29 is 22.7 Å². The third-order valence-electron chi connectivity index (χ3n) is 4.95. The molecule has 158 valence electrons. The van der Waals surface area contributed by atoms with Gasteiger partial charge in [-0.25, -0.2) is 4.98 Å². The summed E-state index contributed by atoms with van der Waals surface area (Å²) in [5.41, 5.74) is 1.68. The number of hydrogen-bond donors (Lipinski definition) is 1. The van der Waals surface area contributed by atoms with Crippen molar-refractivity contribution >= 4 is 39.9 Å². The summed E-state index contributed by atoms with van der Waals surface area (Å²) in [6.45, 7) is 1.46. The monoisotopic (exact) mass is 438 g/mol. The second-order valence-electron chi connectivity index (χ2n) is 7.03. The lowest BCUT2D eigenvalue weighted by molar-refractivity contribution is -0.274. The Balaban J connectivity index is 1.65. The van der Waals surface area contributed by atoms with Crippen molar-refractivity contribution in [3.05, 3.63) is 47.2 Å². The van der Waals surface area contributed by atoms with Crippen LogP contribution in [0.5, 0.6) is 5.75 Å². The van der Waals surface area contributed by atoms with E-state index in [0.29, 0.717) is 22.5 Å². The van der Waals surface area contributed by atoms with Gasteiger partial charge in [0.1, 0.15) is 11.6 Å². The van der Waals surface area contributed by atoms with Crippen molar-refractivity contribution in [1.29, 1.82) is 0 Å². The van der Waals surface area contributed by atoms with Crippen molar-refractivity contribution in [3.63, 3.8) is 0 Å². The summed E-state index contributed by atoms with van der Waals surface area (Å²) in [6, 6.07) is 5.69. The zero-order valence-electron chi connectivity index (χ0n) is 16.0. The first-order valence-electron chi connectivity index (χ1n) is 9.28. The first-order chi connectivity index (χ1) is 14.2. The molecule has 1 fully saturated rings. The number of hydrogen-bond acceptors (Lipinski definition) is 4. The Morgan fingerprint density at radius 1 is 1.23 bits per heavy atom. The number of amides is 1. The number of alkyl halides is 3. The van der Waals surface area contributed by atoms with Gasteiger partial charge in [0.25, 0.3) is 5.91 Å². The second-order valence-corrected chi connectivity index (χ2v) is 7.43. The third kappa shape index (κ3) is 4.02. The number of nitrogens with one attached hydrogen (secondary N) is 1. The molecule has 0 bridgehead atoms. The smallest absolute Gasteiger partial charge is 0.404 e. The van der Waals surface area contributed by atoms with E-state index in [1.807, 2.05) is 28.8 Å². The van der Waals surface area contributed by atoms with E-state index in [1.54, 1.807) is 0 Å². The molecule has 4 rings (SSSR count). The van der Waals surface area contributed by atoms with Gasteiger partial charge in [-0.05, 0) is 37.1 Å². The number of halogens is 4. The number of fused-ring (bicyclic) bond motifs is 1. The number of rotatable bonds is 4. The Labute approximate surface area is 175 Å². The summed E-state index contributed by atoms with van der Waals surface area (Å²) in [5, 5.41) is 3.58. The molecule has 3 heterocycles. The van der Waals surface area contributed by atoms with E-state index in [2.05, 4.69) is 15.0 Å². The molecule has 0 radical (unpaired) electrons. The van der Waals surface area contributed by atoms with Crippen LogP contribution in [0.4, 0.5) is 24.7 Å². The molecule has 0 unspecified atom stereocenters. The van der Waals surface area contributed by atoms with Crippen LogP contribution in [0.25, 0.3) is 10.9 Å². The molecular weight excluding hydrogens is 421 g/mol. The number of aromatic nitrogens is 2. The van der Waals surface area contributed by atoms with Gasteiger partial charge in [-0.2, -0.15) is 0 Å². The van der Waals surface area contributed by atoms with Gasteiger partial charge in [0, 0.05) is 43.6 Å². The lowest BCUT2D eigenvalue weighted by atomic mass is 10.1. The maximum Gasteiger partial charge on any atom is 0.573 e. The largest absolute Gasteiger partial charge is 0.573 e. The van der Waals surface area contributed by atoms with E-state index in [1.165, 1.54) is 18.3 Å². The molecule has 1 aromatic carbocycles. The maximum atomic E-state index is 12.9. The first kappa shape index (κ1) is 20.3. The third-order valence-corrected chi connectivity index (χ3v) is 5.24. The fraction of sp³-hybridized carbons (Fsp3) is 0.300. The van der Waals surface area contributed by atoms with Gasteiger partial charge in [0.2, 0.25) is 0 Å². The summed E-state index contributed by atoms with van der Waals surface area (Å²) in [7, 11) is 1.84. The SMILES string of the molecule is Cn1ccc2c(Nc3ccc(OC(F)(F)F)c(Cl)c3)ncc(C(=O)N3CCCC3)c21. The highest BCUT2D eigenvalue weighted by Gasteiger charge is 2.32. The molecule has 0 aliphatic carbocycles. The van der Waals surface area contributed by atoms with Crippen molar-refractivity contribution in [2.24, 2.45) is 7.05 Å². The minimum atomic E-state index is -4.83. The molecule has 0 spiro atoms. The molecule has 1 N–H and O–H groups in total. The number of likely N-dealkylation sites (tertiary alicyclic amines) is 1. The van der Waals surface area contributed by atoms with E-state index < -0.39 is 12.1 Å². The van der Waals surface area contributed by atoms with E-state index >= 15 is 0 Å². The predicted molar refractivity (Wildman–Crippen MR) is 107 cm³/mol. The van der Waals surface area contributed by atoms with Crippen LogP contribution < -0.4 is 10.1 Å². The van der Waals surface area contributed by atoms with E-state index in [9.17, 15) is 18.0 Å². The molecule has 3 aromatic rings. The average Bonchev–Trinajstić information content (AvgIpc) is 3.34. The fourth-order valence-electron chi connectivity index (χ4n) is 3.59. The highest BCUT2D eigenvalue weighted by atomic mass is 35.5. The molecule has 1 aliphatic heterocycles. The number of anilines is 2. The Kier molecular flexibility index (Phi) is 5.23. The number of ether oxygens (including phenoxy) is 1. The number of pyridine rings is 1. The van der Waals surface area contributed by atoms with Gasteiger partial charge < -0.3 is 19.5 Å². The molecule has 6 nitrogen and oxygen atoms in total. The van der Waals surface area contributed by atoms with Gasteiger partial charge in [-0.15, -0.1) is 13.2 Å². The van der Waals surface area contributed by atoms with Gasteiger partial charge in [-0.1, -0.05) is 11.6 Å². The molecular formula is C20H18ClF3N4O2. The van der Waals surface area contributed by atoms with E-state index in [4.69, 9.17) is 11.6 Å². The van der Waals surface area contributed by atoms with Gasteiger partial charge >= 0.3 is 6.36 Å². The molecule has 1 amide bonds. The van der Waals surface area contributed by atoms with Crippen LogP contribution in [0.15, 0.2) is 36.7 Å². The topological polar surface area (TPSA) is 59.4 Å². The van der Waals surface area contributed by atoms with Crippen molar-refractivity contribution in [2.45, 2.75) is 19.2 Å². The quantitative estimate of drug-likeness (QED) is 0.615. The molecule has 30 heavy (non-hydrogen) atoms. The first-order valence-corrected chi connectivity index (χ1v) is 9.66. The highest BCUT2D eigenvalue weighted by Crippen LogP contribution is 2.34. The van der Waals surface area contributed by atoms with Gasteiger partial charge in [-0.3, -0.25) is 4.79 Å². The summed E-state index contributed by atoms with van der Waals surface area (Å²) >= 11 is 5.92. The minimum Gasteiger partial charge on any atom is -0.404 e. The Morgan fingerprint density at radius 2 is 1.97 bits per heavy atom. The molecule has 1 saturated heterocycles. The maximum absolute atomic E-state index is 12.9. The zero-order chi connectivity index (χ0) is 21.5. The molecule has 0 atom stereocenters. The molecule has 1 aliphatic rings. The van der Waals surface area contributed by atoms with E-state index in [-0.39, 0.29) is 10.9 Å². The average molecular weight is 439 g/mol. The Morgan fingerprint density at radius 3 is 2.63 bits per heavy atom. The number of benzene rings is 1. The summed E-state index contributed by atoms with van der Waals surface area (Å²) in [4.78, 5) is 19.1. The predicted octanol–water partition coefficient (Wildman–Crippen LogP) is 5.10. The van der Waals surface area contributed by atoms with E-state index in [0.717, 1.165) is 37.5 Å². The second kappa shape index (κ2) is 7.71. The van der Waals surface area contributed by atoms with Crippen molar-refractivity contribution in [2.75, 3.05) is 18.4 Å². The molecule has 2 aromatic heterocycles. The number of carbonyl (C=O) groups excluding carboxylic acids is 1. The number of aryl methyl sites for hydroxylation is 1. The fourth-order valence-corrected chi connectivity index (χ4v) is 3.80. The Bertz CT molecular complexity index is 1110. The Hall–Kier alpha value is -2.94. The zero-order valence-corrected chi connectivity index (χ0v) is 16.7. The van der Waals surface area contributed by atoms with Crippen LogP contribution in [-0.2, 0) is 7.05 Å². The van der Waals surface area contributed by atoms with Gasteiger partial charge in [0.05, 0.1) is 16.1 Å². The summed E-state index contributed by atoms with van der Waals surface area (Å²) < 4.78 is 43.0. The standard InChI is InChI=1S/C20H18ClF3N4O2/c1-27-9-6-13-17(27)14(19(29)28-7-2-3-8-28)11-25-18(13)26-12-4-5-16(15(21)10-12)30-20(22,23)24/h4-6,9-11H,2-3,7-8H2,1H3,(H,25,26). The number of nitrogens with zero attached hydrogens (tertiary/aromatic N) is 3. The van der Waals surface area contributed by atoms with Crippen LogP contribution in [0.2, 0.25) is 5.02 Å². The van der Waals surface area contributed by atoms with Crippen molar-refractivity contribution in [3.8, 4) is 5.75 Å². The lowest BCUT2D eigenvalue weighted by Crippen LogP contribution is -2.28. The van der Waals surface area contributed by atoms with Crippen LogP contribution >= 0.6 is 11.6 Å². The van der Waals surface area contributed by atoms with Gasteiger partial charge in [0.15, 0.2) is 0 Å². The van der Waals surface area contributed by atoms with Crippen LogP contribution in [0.3, 0.4) is 0 Å². The summed E-state index contributed by atoms with van der Waals surface area (Å²) in [6.07, 6.45) is 0.501. The normalized spacial score (nSPS) is 14.4. The van der Waals surface area contributed by atoms with Crippen molar-refractivity contribution in [1.82, 2.24) is 14.5 Å². The minimum absolute atomic E-state index is 0.0601. The molecule has 0 saturated carbocycles. The van der Waals surface area contributed by atoms with Crippen LogP contribution in [0, 0.1) is 0 Å². The number of carbonyl (C=O) groups is 1. The van der Waals surface area contributed by atoms with Crippen LogP contribution in [-0.4, -0.2) is 39.8 Å². The van der Waals surface area contributed by atoms with Crippen LogP contribution in [0.1, 0.15) is 23.2 Å². The lowest BCUT2D eigenvalue weighted by Gasteiger charge is -2.17.